The van der Waals surface area contributed by atoms with E-state index in [-0.39, 0.29) is 29.0 Å². The third-order valence-corrected chi connectivity index (χ3v) is 5.73. The van der Waals surface area contributed by atoms with Gasteiger partial charge in [0.2, 0.25) is 5.91 Å². The molecule has 1 N–H and O–H groups in total. The molecule has 0 radical (unpaired) electrons. The molecule has 7 heteroatoms. The topological polar surface area (TPSA) is 67.2 Å². The normalized spacial score (nSPS) is 14.9. The third kappa shape index (κ3) is 4.35. The summed E-state index contributed by atoms with van der Waals surface area (Å²) in [6, 6.07) is 11.8. The summed E-state index contributed by atoms with van der Waals surface area (Å²) >= 11 is 0. The van der Waals surface area contributed by atoms with Crippen LogP contribution in [0, 0.1) is 12.7 Å². The molecule has 1 unspecified atom stereocenters. The van der Waals surface area contributed by atoms with Crippen molar-refractivity contribution in [3.63, 3.8) is 0 Å². The van der Waals surface area contributed by atoms with Crippen molar-refractivity contribution in [2.24, 2.45) is 7.05 Å². The van der Waals surface area contributed by atoms with Gasteiger partial charge in [0, 0.05) is 43.7 Å². The van der Waals surface area contributed by atoms with Gasteiger partial charge in [-0.1, -0.05) is 24.3 Å². The highest BCUT2D eigenvalue weighted by molar-refractivity contribution is 5.99. The van der Waals surface area contributed by atoms with E-state index in [4.69, 9.17) is 0 Å². The Labute approximate surface area is 180 Å². The Hall–Kier alpha value is -3.48. The zero-order valence-electron chi connectivity index (χ0n) is 17.9. The smallest absolute Gasteiger partial charge is 0.254 e. The molecule has 0 aliphatic heterocycles. The van der Waals surface area contributed by atoms with Crippen LogP contribution in [0.2, 0.25) is 0 Å². The average Bonchev–Trinajstić information content (AvgIpc) is 3.29. The predicted octanol–water partition coefficient (Wildman–Crippen LogP) is 3.81. The number of aryl methyl sites for hydroxylation is 3. The average molecular weight is 420 g/mol. The van der Waals surface area contributed by atoms with Crippen molar-refractivity contribution in [2.45, 2.75) is 32.2 Å². The molecular weight excluding hydrogens is 395 g/mol. The maximum absolute atomic E-state index is 14.3. The minimum Gasteiger partial charge on any atom is -0.337 e. The molecule has 6 nitrogen and oxygen atoms in total. The van der Waals surface area contributed by atoms with Crippen molar-refractivity contribution >= 4 is 17.5 Å². The van der Waals surface area contributed by atoms with Crippen LogP contribution in [-0.2, 0) is 24.8 Å². The van der Waals surface area contributed by atoms with Gasteiger partial charge < -0.3 is 10.2 Å². The van der Waals surface area contributed by atoms with E-state index < -0.39 is 5.82 Å². The van der Waals surface area contributed by atoms with Gasteiger partial charge >= 0.3 is 0 Å². The van der Waals surface area contributed by atoms with Crippen molar-refractivity contribution in [3.8, 4) is 0 Å². The molecule has 0 bridgehead atoms. The summed E-state index contributed by atoms with van der Waals surface area (Å²) in [6.07, 6.45) is 3.43. The van der Waals surface area contributed by atoms with E-state index >= 15 is 0 Å². The van der Waals surface area contributed by atoms with E-state index in [0.717, 1.165) is 29.7 Å². The number of aromatic nitrogens is 2. The lowest BCUT2D eigenvalue weighted by Gasteiger charge is -2.18. The van der Waals surface area contributed by atoms with Gasteiger partial charge in [-0.15, -0.1) is 0 Å². The first-order valence-electron chi connectivity index (χ1n) is 10.3. The first kappa shape index (κ1) is 20.8. The van der Waals surface area contributed by atoms with Gasteiger partial charge in [-0.05, 0) is 49.1 Å². The van der Waals surface area contributed by atoms with Gasteiger partial charge in [0.15, 0.2) is 0 Å². The highest BCUT2D eigenvalue weighted by Crippen LogP contribution is 2.33. The van der Waals surface area contributed by atoms with Crippen molar-refractivity contribution in [1.82, 2.24) is 14.7 Å². The zero-order valence-corrected chi connectivity index (χ0v) is 17.9. The van der Waals surface area contributed by atoms with Crippen LogP contribution in [0.15, 0.2) is 48.7 Å². The molecule has 0 spiro atoms. The molecule has 0 saturated heterocycles. The Kier molecular flexibility index (Phi) is 5.59. The fourth-order valence-corrected chi connectivity index (χ4v) is 4.20. The van der Waals surface area contributed by atoms with Gasteiger partial charge in [-0.3, -0.25) is 14.3 Å². The molecule has 1 atom stereocenters. The Morgan fingerprint density at radius 1 is 1.26 bits per heavy atom. The molecule has 0 fully saturated rings. The number of nitrogens with zero attached hydrogens (tertiary/aromatic N) is 3. The van der Waals surface area contributed by atoms with E-state index in [1.165, 1.54) is 28.7 Å². The van der Waals surface area contributed by atoms with E-state index in [1.807, 2.05) is 44.4 Å². The molecule has 160 valence electrons. The van der Waals surface area contributed by atoms with Gasteiger partial charge in [0.1, 0.15) is 5.82 Å². The van der Waals surface area contributed by atoms with Crippen molar-refractivity contribution in [1.29, 1.82) is 0 Å². The summed E-state index contributed by atoms with van der Waals surface area (Å²) in [5.41, 5.74) is 4.41. The number of carbonyl (C=O) groups is 2. The molecule has 1 heterocycles. The van der Waals surface area contributed by atoms with Crippen LogP contribution in [0.1, 0.15) is 45.1 Å². The second kappa shape index (κ2) is 8.34. The lowest BCUT2D eigenvalue weighted by molar-refractivity contribution is -0.117. The SMILES string of the molecule is Cc1nn(C)cc1CN(C)C(=O)c1cc(F)cc(NC(=O)C2CCc3ccccc32)c1. The Morgan fingerprint density at radius 2 is 2.03 bits per heavy atom. The first-order valence-corrected chi connectivity index (χ1v) is 10.3. The number of halogens is 1. The molecular formula is C24H25FN4O2. The third-order valence-electron chi connectivity index (χ3n) is 5.73. The lowest BCUT2D eigenvalue weighted by Crippen LogP contribution is -2.27. The largest absolute Gasteiger partial charge is 0.337 e. The van der Waals surface area contributed by atoms with Crippen LogP contribution in [0.3, 0.4) is 0 Å². The molecule has 31 heavy (non-hydrogen) atoms. The molecule has 1 aliphatic carbocycles. The van der Waals surface area contributed by atoms with E-state index in [0.29, 0.717) is 6.54 Å². The van der Waals surface area contributed by atoms with Crippen LogP contribution in [0.4, 0.5) is 10.1 Å². The minimum absolute atomic E-state index is 0.186. The highest BCUT2D eigenvalue weighted by Gasteiger charge is 2.28. The summed E-state index contributed by atoms with van der Waals surface area (Å²) in [5.74, 6) is -1.36. The van der Waals surface area contributed by atoms with Crippen molar-refractivity contribution < 1.29 is 14.0 Å². The fourth-order valence-electron chi connectivity index (χ4n) is 4.20. The van der Waals surface area contributed by atoms with Crippen LogP contribution in [0.5, 0.6) is 0 Å². The number of anilines is 1. The highest BCUT2D eigenvalue weighted by atomic mass is 19.1. The van der Waals surface area contributed by atoms with Crippen LogP contribution in [-0.4, -0.2) is 33.5 Å². The summed E-state index contributed by atoms with van der Waals surface area (Å²) in [6.45, 7) is 2.24. The summed E-state index contributed by atoms with van der Waals surface area (Å²) < 4.78 is 16.0. The van der Waals surface area contributed by atoms with E-state index in [1.54, 1.807) is 11.7 Å². The molecule has 2 amide bonds. The summed E-state index contributed by atoms with van der Waals surface area (Å²) in [7, 11) is 3.48. The summed E-state index contributed by atoms with van der Waals surface area (Å²) in [4.78, 5) is 27.3. The second-order valence-electron chi connectivity index (χ2n) is 8.08. The van der Waals surface area contributed by atoms with Gasteiger partial charge in [0.05, 0.1) is 11.6 Å². The molecule has 2 aromatic carbocycles. The molecule has 0 saturated carbocycles. The van der Waals surface area contributed by atoms with Crippen LogP contribution < -0.4 is 5.32 Å². The maximum Gasteiger partial charge on any atom is 0.254 e. The number of benzene rings is 2. The predicted molar refractivity (Wildman–Crippen MR) is 116 cm³/mol. The van der Waals surface area contributed by atoms with Gasteiger partial charge in [-0.25, -0.2) is 4.39 Å². The number of rotatable bonds is 5. The summed E-state index contributed by atoms with van der Waals surface area (Å²) in [5, 5.41) is 7.08. The minimum atomic E-state index is -0.570. The molecule has 4 rings (SSSR count). The molecule has 1 aliphatic rings. The fraction of sp³-hybridized carbons (Fsp3) is 0.292. The van der Waals surface area contributed by atoms with E-state index in [2.05, 4.69) is 10.4 Å². The number of fused-ring (bicyclic) bond motifs is 1. The number of hydrogen-bond donors (Lipinski definition) is 1. The number of carbonyl (C=O) groups excluding carboxylic acids is 2. The Bertz CT molecular complexity index is 1150. The van der Waals surface area contributed by atoms with Crippen LogP contribution in [0.25, 0.3) is 0 Å². The standard InChI is InChI=1S/C24H25FN4O2/c1-15-18(14-29(3)27-15)13-28(2)24(31)17-10-19(25)12-20(11-17)26-23(30)22-9-8-16-6-4-5-7-21(16)22/h4-7,10-12,14,22H,8-9,13H2,1-3H3,(H,26,30). The number of hydrogen-bond acceptors (Lipinski definition) is 3. The molecule has 1 aromatic heterocycles. The van der Waals surface area contributed by atoms with Gasteiger partial charge in [0.25, 0.3) is 5.91 Å². The second-order valence-corrected chi connectivity index (χ2v) is 8.08. The quantitative estimate of drug-likeness (QED) is 0.683. The number of nitrogens with one attached hydrogen (secondary N) is 1. The monoisotopic (exact) mass is 420 g/mol. The van der Waals surface area contributed by atoms with Crippen molar-refractivity contribution in [2.75, 3.05) is 12.4 Å². The first-order chi connectivity index (χ1) is 14.8. The Balaban J connectivity index is 1.50. The van der Waals surface area contributed by atoms with Crippen LogP contribution >= 0.6 is 0 Å². The number of amides is 2. The maximum atomic E-state index is 14.3. The Morgan fingerprint density at radius 3 is 2.77 bits per heavy atom. The van der Waals surface area contributed by atoms with Crippen molar-refractivity contribution in [3.05, 3.63) is 82.4 Å². The van der Waals surface area contributed by atoms with Gasteiger partial charge in [-0.2, -0.15) is 5.10 Å². The lowest BCUT2D eigenvalue weighted by atomic mass is 10.0. The molecule has 3 aromatic rings. The zero-order chi connectivity index (χ0) is 22.1. The van der Waals surface area contributed by atoms with E-state index in [9.17, 15) is 14.0 Å².